The fourth-order valence-electron chi connectivity index (χ4n) is 2.49. The Labute approximate surface area is 159 Å². The Kier molecular flexibility index (Phi) is 4.88. The Morgan fingerprint density at radius 1 is 1.00 bits per heavy atom. The summed E-state index contributed by atoms with van der Waals surface area (Å²) >= 11 is 1.36. The molecule has 27 heavy (non-hydrogen) atoms. The number of ether oxygens (including phenoxy) is 1. The zero-order valence-corrected chi connectivity index (χ0v) is 15.5. The Balaban J connectivity index is 1.50. The molecule has 1 atom stereocenters. The SMILES string of the molecule is COc1ccccc1-c1nnc(SC(C)c2nc(-c3ccccc3)no2)o1. The summed E-state index contributed by atoms with van der Waals surface area (Å²) in [4.78, 5) is 4.46. The number of aromatic nitrogens is 4. The molecule has 0 aliphatic carbocycles. The minimum atomic E-state index is -0.138. The van der Waals surface area contributed by atoms with Crippen molar-refractivity contribution < 1.29 is 13.7 Å². The molecule has 0 aliphatic rings. The molecule has 4 aromatic rings. The average molecular weight is 380 g/mol. The van der Waals surface area contributed by atoms with Crippen LogP contribution in [0.4, 0.5) is 0 Å². The van der Waals surface area contributed by atoms with E-state index < -0.39 is 0 Å². The average Bonchev–Trinajstić information content (AvgIpc) is 3.38. The van der Waals surface area contributed by atoms with Gasteiger partial charge in [0.25, 0.3) is 11.1 Å². The second-order valence-corrected chi connectivity index (χ2v) is 6.95. The molecular weight excluding hydrogens is 364 g/mol. The van der Waals surface area contributed by atoms with Gasteiger partial charge in [-0.2, -0.15) is 4.98 Å². The molecule has 136 valence electrons. The lowest BCUT2D eigenvalue weighted by Gasteiger charge is -2.03. The van der Waals surface area contributed by atoms with Gasteiger partial charge < -0.3 is 13.7 Å². The second-order valence-electron chi connectivity index (χ2n) is 5.66. The van der Waals surface area contributed by atoms with Gasteiger partial charge in [-0.3, -0.25) is 0 Å². The highest BCUT2D eigenvalue weighted by Crippen LogP contribution is 2.36. The van der Waals surface area contributed by atoms with Gasteiger partial charge in [0.2, 0.25) is 11.7 Å². The molecule has 0 saturated carbocycles. The van der Waals surface area contributed by atoms with Crippen molar-refractivity contribution in [1.82, 2.24) is 20.3 Å². The maximum Gasteiger partial charge on any atom is 0.277 e. The van der Waals surface area contributed by atoms with E-state index >= 15 is 0 Å². The highest BCUT2D eigenvalue weighted by atomic mass is 32.2. The highest BCUT2D eigenvalue weighted by Gasteiger charge is 2.20. The van der Waals surface area contributed by atoms with Crippen LogP contribution in [0.3, 0.4) is 0 Å². The predicted molar refractivity (Wildman–Crippen MR) is 100 cm³/mol. The van der Waals surface area contributed by atoms with Crippen LogP contribution < -0.4 is 4.74 Å². The van der Waals surface area contributed by atoms with E-state index in [2.05, 4.69) is 20.3 Å². The number of hydrogen-bond acceptors (Lipinski definition) is 8. The van der Waals surface area contributed by atoms with Crippen LogP contribution in [-0.2, 0) is 0 Å². The van der Waals surface area contributed by atoms with E-state index in [1.54, 1.807) is 7.11 Å². The Bertz CT molecular complexity index is 1030. The lowest BCUT2D eigenvalue weighted by atomic mass is 10.2. The van der Waals surface area contributed by atoms with E-state index in [0.717, 1.165) is 11.1 Å². The van der Waals surface area contributed by atoms with Crippen molar-refractivity contribution in [1.29, 1.82) is 0 Å². The normalized spacial score (nSPS) is 12.1. The van der Waals surface area contributed by atoms with E-state index in [0.29, 0.717) is 28.6 Å². The molecular formula is C19H16N4O3S. The van der Waals surface area contributed by atoms with E-state index in [1.165, 1.54) is 11.8 Å². The van der Waals surface area contributed by atoms with Crippen molar-refractivity contribution >= 4 is 11.8 Å². The molecule has 0 saturated heterocycles. The van der Waals surface area contributed by atoms with Gasteiger partial charge in [-0.15, -0.1) is 10.2 Å². The largest absolute Gasteiger partial charge is 0.496 e. The summed E-state index contributed by atoms with van der Waals surface area (Å²) in [6, 6.07) is 17.2. The van der Waals surface area contributed by atoms with E-state index in [4.69, 9.17) is 13.7 Å². The van der Waals surface area contributed by atoms with Crippen LogP contribution in [0, 0.1) is 0 Å². The molecule has 0 spiro atoms. The topological polar surface area (TPSA) is 87.1 Å². The first kappa shape index (κ1) is 17.3. The highest BCUT2D eigenvalue weighted by molar-refractivity contribution is 7.99. The van der Waals surface area contributed by atoms with Gasteiger partial charge in [-0.05, 0) is 19.1 Å². The van der Waals surface area contributed by atoms with Gasteiger partial charge in [0, 0.05) is 5.56 Å². The molecule has 2 aromatic carbocycles. The molecule has 0 N–H and O–H groups in total. The number of methoxy groups -OCH3 is 1. The minimum Gasteiger partial charge on any atom is -0.496 e. The lowest BCUT2D eigenvalue weighted by Crippen LogP contribution is -1.89. The Morgan fingerprint density at radius 2 is 1.78 bits per heavy atom. The third-order valence-corrected chi connectivity index (χ3v) is 4.76. The van der Waals surface area contributed by atoms with Crippen molar-refractivity contribution in [3.8, 4) is 28.6 Å². The van der Waals surface area contributed by atoms with Gasteiger partial charge in [0.15, 0.2) is 0 Å². The molecule has 0 fully saturated rings. The number of thioether (sulfide) groups is 1. The summed E-state index contributed by atoms with van der Waals surface area (Å²) in [5.74, 6) is 2.13. The maximum absolute atomic E-state index is 5.77. The summed E-state index contributed by atoms with van der Waals surface area (Å²) in [7, 11) is 1.60. The first-order valence-corrected chi connectivity index (χ1v) is 9.15. The zero-order chi connectivity index (χ0) is 18.6. The minimum absolute atomic E-state index is 0.138. The summed E-state index contributed by atoms with van der Waals surface area (Å²) < 4.78 is 16.5. The molecule has 8 heteroatoms. The smallest absolute Gasteiger partial charge is 0.277 e. The van der Waals surface area contributed by atoms with Crippen LogP contribution in [0.2, 0.25) is 0 Å². The third kappa shape index (κ3) is 3.70. The quantitative estimate of drug-likeness (QED) is 0.447. The van der Waals surface area contributed by atoms with E-state index in [9.17, 15) is 0 Å². The summed E-state index contributed by atoms with van der Waals surface area (Å²) in [6.07, 6.45) is 0. The molecule has 4 rings (SSSR count). The van der Waals surface area contributed by atoms with Gasteiger partial charge in [-0.1, -0.05) is 59.4 Å². The van der Waals surface area contributed by atoms with Crippen LogP contribution in [-0.4, -0.2) is 27.4 Å². The number of hydrogen-bond donors (Lipinski definition) is 0. The summed E-state index contributed by atoms with van der Waals surface area (Å²) in [6.45, 7) is 1.94. The van der Waals surface area contributed by atoms with Crippen molar-refractivity contribution in [3.63, 3.8) is 0 Å². The van der Waals surface area contributed by atoms with Crippen LogP contribution >= 0.6 is 11.8 Å². The molecule has 0 radical (unpaired) electrons. The van der Waals surface area contributed by atoms with Crippen molar-refractivity contribution in [3.05, 3.63) is 60.5 Å². The third-order valence-electron chi connectivity index (χ3n) is 3.84. The molecule has 1 unspecified atom stereocenters. The number of rotatable bonds is 6. The number of benzene rings is 2. The molecule has 0 amide bonds. The molecule has 0 bridgehead atoms. The van der Waals surface area contributed by atoms with Crippen molar-refractivity contribution in [2.24, 2.45) is 0 Å². The van der Waals surface area contributed by atoms with E-state index in [1.807, 2.05) is 61.5 Å². The predicted octanol–water partition coefficient (Wildman–Crippen LogP) is 4.65. The second kappa shape index (κ2) is 7.63. The fourth-order valence-corrected chi connectivity index (χ4v) is 3.21. The Hall–Kier alpha value is -3.13. The van der Waals surface area contributed by atoms with Crippen LogP contribution in [0.25, 0.3) is 22.8 Å². The lowest BCUT2D eigenvalue weighted by molar-refractivity contribution is 0.379. The maximum atomic E-state index is 5.77. The number of para-hydroxylation sites is 1. The van der Waals surface area contributed by atoms with Gasteiger partial charge in [-0.25, -0.2) is 0 Å². The molecule has 7 nitrogen and oxygen atoms in total. The van der Waals surface area contributed by atoms with Gasteiger partial charge >= 0.3 is 0 Å². The van der Waals surface area contributed by atoms with Crippen LogP contribution in [0.5, 0.6) is 5.75 Å². The number of nitrogens with zero attached hydrogens (tertiary/aromatic N) is 4. The van der Waals surface area contributed by atoms with Crippen molar-refractivity contribution in [2.45, 2.75) is 17.4 Å². The monoisotopic (exact) mass is 380 g/mol. The Morgan fingerprint density at radius 3 is 2.59 bits per heavy atom. The molecule has 0 aliphatic heterocycles. The van der Waals surface area contributed by atoms with Gasteiger partial charge in [0.1, 0.15) is 5.75 Å². The summed E-state index contributed by atoms with van der Waals surface area (Å²) in [5, 5.41) is 12.5. The van der Waals surface area contributed by atoms with E-state index in [-0.39, 0.29) is 5.25 Å². The summed E-state index contributed by atoms with van der Waals surface area (Å²) in [5.41, 5.74) is 1.65. The fraction of sp³-hybridized carbons (Fsp3) is 0.158. The van der Waals surface area contributed by atoms with Crippen LogP contribution in [0.15, 0.2) is 68.8 Å². The standard InChI is InChI=1S/C19H16N4O3S/c1-12(17-20-16(23-26-17)13-8-4-3-5-9-13)27-19-22-21-18(25-19)14-10-6-7-11-15(14)24-2/h3-12H,1-2H3. The van der Waals surface area contributed by atoms with Crippen molar-refractivity contribution in [2.75, 3.05) is 7.11 Å². The first-order chi connectivity index (χ1) is 13.2. The zero-order valence-electron chi connectivity index (χ0n) is 14.7. The molecule has 2 aromatic heterocycles. The van der Waals surface area contributed by atoms with Crippen LogP contribution in [0.1, 0.15) is 18.1 Å². The molecule has 2 heterocycles. The first-order valence-electron chi connectivity index (χ1n) is 8.27. The van der Waals surface area contributed by atoms with Gasteiger partial charge in [0.05, 0.1) is 17.9 Å².